The zero-order valence-corrected chi connectivity index (χ0v) is 13.2. The van der Waals surface area contributed by atoms with Crippen LogP contribution in [0.15, 0.2) is 0 Å². The minimum Gasteiger partial charge on any atom is -0.481 e. The number of carboxylic acid groups (broad SMARTS) is 1. The van der Waals surface area contributed by atoms with Crippen LogP contribution in [-0.2, 0) is 4.79 Å². The van der Waals surface area contributed by atoms with E-state index in [1.807, 2.05) is 4.90 Å². The van der Waals surface area contributed by atoms with Crippen LogP contribution >= 0.6 is 0 Å². The predicted molar refractivity (Wildman–Crippen MR) is 81.0 cm³/mol. The summed E-state index contributed by atoms with van der Waals surface area (Å²) in [4.78, 5) is 24.9. The number of likely N-dealkylation sites (tertiary alicyclic amines) is 1. The van der Waals surface area contributed by atoms with E-state index in [9.17, 15) is 9.59 Å². The van der Waals surface area contributed by atoms with Crippen molar-refractivity contribution in [1.29, 1.82) is 0 Å². The van der Waals surface area contributed by atoms with Crippen LogP contribution in [0.4, 0.5) is 4.79 Å². The average molecular weight is 296 g/mol. The van der Waals surface area contributed by atoms with Gasteiger partial charge in [0.15, 0.2) is 0 Å². The first-order chi connectivity index (χ1) is 9.95. The number of rotatable bonds is 3. The van der Waals surface area contributed by atoms with Gasteiger partial charge >= 0.3 is 12.0 Å². The fraction of sp³-hybridized carbons (Fsp3) is 0.875. The summed E-state index contributed by atoms with van der Waals surface area (Å²) in [7, 11) is 0. The molecular formula is C16H28N2O3. The number of piperidine rings is 1. The maximum Gasteiger partial charge on any atom is 0.317 e. The molecule has 2 aliphatic rings. The summed E-state index contributed by atoms with van der Waals surface area (Å²) in [6.45, 7) is 5.87. The SMILES string of the molecule is CC1CCC(NC(=O)N2CCC(CC(=O)O)CC2)C(C)C1. The average Bonchev–Trinajstić information content (AvgIpc) is 2.42. The lowest BCUT2D eigenvalue weighted by atomic mass is 9.80. The van der Waals surface area contributed by atoms with Crippen LogP contribution in [0.5, 0.6) is 0 Å². The van der Waals surface area contributed by atoms with Gasteiger partial charge in [-0.3, -0.25) is 4.79 Å². The number of carbonyl (C=O) groups is 2. The number of nitrogens with zero attached hydrogens (tertiary/aromatic N) is 1. The third-order valence-corrected chi connectivity index (χ3v) is 5.11. The van der Waals surface area contributed by atoms with Gasteiger partial charge in [0.25, 0.3) is 0 Å². The van der Waals surface area contributed by atoms with Crippen LogP contribution in [0.3, 0.4) is 0 Å². The van der Waals surface area contributed by atoms with E-state index in [4.69, 9.17) is 5.11 Å². The third-order valence-electron chi connectivity index (χ3n) is 5.11. The van der Waals surface area contributed by atoms with Gasteiger partial charge < -0.3 is 15.3 Å². The van der Waals surface area contributed by atoms with Crippen LogP contribution in [0.2, 0.25) is 0 Å². The second-order valence-corrected chi connectivity index (χ2v) is 6.98. The van der Waals surface area contributed by atoms with Crippen LogP contribution in [0.25, 0.3) is 0 Å². The van der Waals surface area contributed by atoms with Crippen LogP contribution < -0.4 is 5.32 Å². The molecule has 21 heavy (non-hydrogen) atoms. The molecular weight excluding hydrogens is 268 g/mol. The summed E-state index contributed by atoms with van der Waals surface area (Å²) < 4.78 is 0. The van der Waals surface area contributed by atoms with E-state index in [1.165, 1.54) is 12.8 Å². The maximum absolute atomic E-state index is 12.3. The minimum absolute atomic E-state index is 0.0372. The van der Waals surface area contributed by atoms with Crippen molar-refractivity contribution in [3.63, 3.8) is 0 Å². The standard InChI is InChI=1S/C16H28N2O3/c1-11-3-4-14(12(2)9-11)17-16(21)18-7-5-13(6-8-18)10-15(19)20/h11-14H,3-10H2,1-2H3,(H,17,21)(H,19,20). The molecule has 0 bridgehead atoms. The van der Waals surface area contributed by atoms with Crippen molar-refractivity contribution < 1.29 is 14.7 Å². The monoisotopic (exact) mass is 296 g/mol. The molecule has 1 saturated carbocycles. The normalized spacial score (nSPS) is 31.0. The van der Waals surface area contributed by atoms with Gasteiger partial charge in [-0.05, 0) is 49.9 Å². The number of hydrogen-bond donors (Lipinski definition) is 2. The highest BCUT2D eigenvalue weighted by Crippen LogP contribution is 2.29. The van der Waals surface area contributed by atoms with Gasteiger partial charge in [-0.15, -0.1) is 0 Å². The van der Waals surface area contributed by atoms with Crippen LogP contribution in [0.1, 0.15) is 52.4 Å². The van der Waals surface area contributed by atoms with E-state index >= 15 is 0 Å². The molecule has 1 aliphatic carbocycles. The number of nitrogens with one attached hydrogen (secondary N) is 1. The molecule has 0 aromatic heterocycles. The highest BCUT2D eigenvalue weighted by Gasteiger charge is 2.29. The van der Waals surface area contributed by atoms with Crippen molar-refractivity contribution in [1.82, 2.24) is 10.2 Å². The smallest absolute Gasteiger partial charge is 0.317 e. The highest BCUT2D eigenvalue weighted by molar-refractivity contribution is 5.74. The second kappa shape index (κ2) is 7.14. The number of aliphatic carboxylic acids is 1. The lowest BCUT2D eigenvalue weighted by molar-refractivity contribution is -0.138. The summed E-state index contributed by atoms with van der Waals surface area (Å²) >= 11 is 0. The summed E-state index contributed by atoms with van der Waals surface area (Å²) in [5.74, 6) is 0.797. The van der Waals surface area contributed by atoms with Gasteiger partial charge in [0.05, 0.1) is 0 Å². The Morgan fingerprint density at radius 1 is 1.14 bits per heavy atom. The summed E-state index contributed by atoms with van der Waals surface area (Å²) in [6.07, 6.45) is 5.28. The van der Waals surface area contributed by atoms with Gasteiger partial charge in [0.1, 0.15) is 0 Å². The van der Waals surface area contributed by atoms with E-state index in [1.54, 1.807) is 0 Å². The first-order valence-corrected chi connectivity index (χ1v) is 8.23. The lowest BCUT2D eigenvalue weighted by Gasteiger charge is -2.36. The van der Waals surface area contributed by atoms with E-state index in [0.717, 1.165) is 25.2 Å². The van der Waals surface area contributed by atoms with Gasteiger partial charge in [-0.2, -0.15) is 0 Å². The Labute approximate surface area is 127 Å². The Morgan fingerprint density at radius 3 is 2.38 bits per heavy atom. The third kappa shape index (κ3) is 4.61. The van der Waals surface area contributed by atoms with Crippen molar-refractivity contribution in [3.8, 4) is 0 Å². The summed E-state index contributed by atoms with van der Waals surface area (Å²) in [5, 5.41) is 12.0. The molecule has 2 rings (SSSR count). The summed E-state index contributed by atoms with van der Waals surface area (Å²) in [5.41, 5.74) is 0. The quantitative estimate of drug-likeness (QED) is 0.841. The lowest BCUT2D eigenvalue weighted by Crippen LogP contribution is -2.50. The van der Waals surface area contributed by atoms with Crippen molar-refractivity contribution in [2.24, 2.45) is 17.8 Å². The number of amides is 2. The van der Waals surface area contributed by atoms with Gasteiger partial charge in [0, 0.05) is 25.6 Å². The highest BCUT2D eigenvalue weighted by atomic mass is 16.4. The first-order valence-electron chi connectivity index (χ1n) is 8.23. The molecule has 1 saturated heterocycles. The van der Waals surface area contributed by atoms with Crippen molar-refractivity contribution in [3.05, 3.63) is 0 Å². The molecule has 0 aromatic carbocycles. The first kappa shape index (κ1) is 16.1. The summed E-state index contributed by atoms with van der Waals surface area (Å²) in [6, 6.07) is 0.334. The molecule has 2 amide bonds. The Balaban J connectivity index is 1.76. The molecule has 1 heterocycles. The fourth-order valence-electron chi connectivity index (χ4n) is 3.72. The number of carboxylic acids is 1. The molecule has 2 N–H and O–H groups in total. The second-order valence-electron chi connectivity index (χ2n) is 6.98. The fourth-order valence-corrected chi connectivity index (χ4v) is 3.72. The molecule has 120 valence electrons. The van der Waals surface area contributed by atoms with Crippen molar-refractivity contribution in [2.45, 2.75) is 58.4 Å². The van der Waals surface area contributed by atoms with E-state index in [2.05, 4.69) is 19.2 Å². The Bertz CT molecular complexity index is 378. The zero-order chi connectivity index (χ0) is 15.4. The molecule has 0 spiro atoms. The number of urea groups is 1. The van der Waals surface area contributed by atoms with E-state index in [0.29, 0.717) is 25.0 Å². The molecule has 5 heteroatoms. The molecule has 2 fully saturated rings. The van der Waals surface area contributed by atoms with Crippen molar-refractivity contribution in [2.75, 3.05) is 13.1 Å². The Morgan fingerprint density at radius 2 is 1.81 bits per heavy atom. The van der Waals surface area contributed by atoms with Crippen LogP contribution in [-0.4, -0.2) is 41.1 Å². The predicted octanol–water partition coefficient (Wildman–Crippen LogP) is 2.71. The maximum atomic E-state index is 12.3. The van der Waals surface area contributed by atoms with Gasteiger partial charge in [-0.25, -0.2) is 4.79 Å². The zero-order valence-electron chi connectivity index (χ0n) is 13.2. The molecule has 3 atom stereocenters. The molecule has 3 unspecified atom stereocenters. The minimum atomic E-state index is -0.733. The molecule has 0 aromatic rings. The molecule has 5 nitrogen and oxygen atoms in total. The van der Waals surface area contributed by atoms with Gasteiger partial charge in [-0.1, -0.05) is 13.8 Å². The Hall–Kier alpha value is -1.26. The number of hydrogen-bond acceptors (Lipinski definition) is 2. The van der Waals surface area contributed by atoms with Crippen LogP contribution in [0, 0.1) is 17.8 Å². The van der Waals surface area contributed by atoms with Crippen molar-refractivity contribution >= 4 is 12.0 Å². The van der Waals surface area contributed by atoms with Gasteiger partial charge in [0.2, 0.25) is 0 Å². The topological polar surface area (TPSA) is 69.6 Å². The largest absolute Gasteiger partial charge is 0.481 e. The number of carbonyl (C=O) groups excluding carboxylic acids is 1. The van der Waals surface area contributed by atoms with E-state index < -0.39 is 5.97 Å². The molecule has 0 radical (unpaired) electrons. The van der Waals surface area contributed by atoms with E-state index in [-0.39, 0.29) is 18.4 Å². The Kier molecular flexibility index (Phi) is 5.48. The molecule has 1 aliphatic heterocycles.